The lowest BCUT2D eigenvalue weighted by Crippen LogP contribution is -2.50. The van der Waals surface area contributed by atoms with Crippen LogP contribution in [-0.4, -0.2) is 54.0 Å². The lowest BCUT2D eigenvalue weighted by Gasteiger charge is -2.29. The van der Waals surface area contributed by atoms with Crippen molar-refractivity contribution >= 4 is 11.9 Å². The molecule has 1 N–H and O–H groups in total. The number of nitrogens with one attached hydrogen (secondary N) is 1. The minimum atomic E-state index is -0.265. The maximum Gasteiger partial charge on any atom is 0.320 e. The maximum absolute atomic E-state index is 12.5. The second-order valence-corrected chi connectivity index (χ2v) is 6.40. The van der Waals surface area contributed by atoms with Gasteiger partial charge in [0.15, 0.2) is 0 Å². The number of urea groups is 1. The normalized spacial score (nSPS) is 21.4. The van der Waals surface area contributed by atoms with Gasteiger partial charge in [0.05, 0.1) is 0 Å². The molecule has 5 nitrogen and oxygen atoms in total. The van der Waals surface area contributed by atoms with E-state index >= 15 is 0 Å². The van der Waals surface area contributed by atoms with Gasteiger partial charge in [-0.1, -0.05) is 12.2 Å². The fraction of sp³-hybridized carbons (Fsp3) is 0.765. The Balaban J connectivity index is 1.77. The highest BCUT2D eigenvalue weighted by Crippen LogP contribution is 2.23. The van der Waals surface area contributed by atoms with Crippen LogP contribution in [0.25, 0.3) is 0 Å². The van der Waals surface area contributed by atoms with E-state index in [0.29, 0.717) is 12.6 Å². The van der Waals surface area contributed by atoms with Crippen molar-refractivity contribution in [3.05, 3.63) is 12.2 Å². The molecule has 2 fully saturated rings. The van der Waals surface area contributed by atoms with Crippen LogP contribution in [0.1, 0.15) is 51.9 Å². The van der Waals surface area contributed by atoms with Crippen LogP contribution in [0.15, 0.2) is 12.2 Å². The quantitative estimate of drug-likeness (QED) is 0.580. The number of likely N-dealkylation sites (tertiary alicyclic amines) is 1. The molecule has 0 spiro atoms. The Morgan fingerprint density at radius 3 is 2.73 bits per heavy atom. The SMILES string of the molecule is C/C=C\CCCCN(C)C(=O)N1CCC[C@H]1C(=O)NC1CC1. The molecule has 0 aromatic rings. The van der Waals surface area contributed by atoms with Crippen molar-refractivity contribution in [2.75, 3.05) is 20.1 Å². The van der Waals surface area contributed by atoms with Gasteiger partial charge in [0.2, 0.25) is 5.91 Å². The molecular weight excluding hydrogens is 278 g/mol. The summed E-state index contributed by atoms with van der Waals surface area (Å²) in [4.78, 5) is 28.3. The number of hydrogen-bond donors (Lipinski definition) is 1. The molecule has 1 aliphatic carbocycles. The topological polar surface area (TPSA) is 52.7 Å². The van der Waals surface area contributed by atoms with Gasteiger partial charge in [0.25, 0.3) is 0 Å². The largest absolute Gasteiger partial charge is 0.352 e. The van der Waals surface area contributed by atoms with Crippen LogP contribution in [0.4, 0.5) is 4.79 Å². The molecule has 2 aliphatic rings. The van der Waals surface area contributed by atoms with Gasteiger partial charge < -0.3 is 15.1 Å². The van der Waals surface area contributed by atoms with E-state index in [1.165, 1.54) is 0 Å². The average molecular weight is 307 g/mol. The lowest BCUT2D eigenvalue weighted by atomic mass is 10.2. The summed E-state index contributed by atoms with van der Waals surface area (Å²) >= 11 is 0. The molecule has 1 saturated heterocycles. The van der Waals surface area contributed by atoms with E-state index in [1.807, 2.05) is 14.0 Å². The van der Waals surface area contributed by atoms with Gasteiger partial charge in [0, 0.05) is 26.2 Å². The Morgan fingerprint density at radius 1 is 1.27 bits per heavy atom. The number of hydrogen-bond acceptors (Lipinski definition) is 2. The number of rotatable bonds is 7. The summed E-state index contributed by atoms with van der Waals surface area (Å²) in [7, 11) is 1.84. The number of unbranched alkanes of at least 4 members (excludes halogenated alkanes) is 2. The van der Waals surface area contributed by atoms with Crippen LogP contribution in [0, 0.1) is 0 Å². The molecule has 0 aromatic heterocycles. The minimum Gasteiger partial charge on any atom is -0.352 e. The number of nitrogens with zero attached hydrogens (tertiary/aromatic N) is 2. The summed E-state index contributed by atoms with van der Waals surface area (Å²) in [6.07, 6.45) is 11.2. The third-order valence-electron chi connectivity index (χ3n) is 4.40. The molecule has 0 bridgehead atoms. The van der Waals surface area contributed by atoms with Crippen LogP contribution in [0.2, 0.25) is 0 Å². The van der Waals surface area contributed by atoms with E-state index in [9.17, 15) is 9.59 Å². The molecular formula is C17H29N3O2. The van der Waals surface area contributed by atoms with E-state index in [0.717, 1.165) is 51.5 Å². The summed E-state index contributed by atoms with van der Waals surface area (Å²) in [6, 6.07) is 0.0902. The standard InChI is InChI=1S/C17H29N3O2/c1-3-4-5-6-7-12-19(2)17(22)20-13-8-9-15(20)16(21)18-14-10-11-14/h3-4,14-15H,5-13H2,1-2H3,(H,18,21)/b4-3-/t15-/m0/s1. The predicted octanol–water partition coefficient (Wildman–Crippen LogP) is 2.53. The molecule has 2 rings (SSSR count). The summed E-state index contributed by atoms with van der Waals surface area (Å²) in [5.74, 6) is 0.0369. The first-order valence-electron chi connectivity index (χ1n) is 8.56. The zero-order valence-electron chi connectivity index (χ0n) is 13.9. The van der Waals surface area contributed by atoms with Crippen LogP contribution >= 0.6 is 0 Å². The smallest absolute Gasteiger partial charge is 0.320 e. The number of allylic oxidation sites excluding steroid dienone is 2. The second kappa shape index (κ2) is 8.20. The highest BCUT2D eigenvalue weighted by molar-refractivity contribution is 5.88. The molecule has 5 heteroatoms. The van der Waals surface area contributed by atoms with Gasteiger partial charge in [-0.3, -0.25) is 4.79 Å². The third kappa shape index (κ3) is 4.75. The first-order chi connectivity index (χ1) is 10.6. The molecule has 1 atom stereocenters. The summed E-state index contributed by atoms with van der Waals surface area (Å²) < 4.78 is 0. The number of carbonyl (C=O) groups is 2. The van der Waals surface area contributed by atoms with Crippen molar-refractivity contribution in [1.29, 1.82) is 0 Å². The highest BCUT2D eigenvalue weighted by Gasteiger charge is 2.37. The number of carbonyl (C=O) groups excluding carboxylic acids is 2. The highest BCUT2D eigenvalue weighted by atomic mass is 16.2. The van der Waals surface area contributed by atoms with Gasteiger partial charge >= 0.3 is 6.03 Å². The fourth-order valence-electron chi connectivity index (χ4n) is 2.89. The third-order valence-corrected chi connectivity index (χ3v) is 4.40. The molecule has 1 heterocycles. The maximum atomic E-state index is 12.5. The van der Waals surface area contributed by atoms with Crippen LogP contribution in [0.3, 0.4) is 0 Å². The molecule has 22 heavy (non-hydrogen) atoms. The molecule has 0 unspecified atom stereocenters. The van der Waals surface area contributed by atoms with Crippen molar-refractivity contribution in [2.45, 2.75) is 64.0 Å². The Morgan fingerprint density at radius 2 is 2.05 bits per heavy atom. The van der Waals surface area contributed by atoms with E-state index in [4.69, 9.17) is 0 Å². The molecule has 0 aromatic carbocycles. The Labute approximate surface area is 133 Å². The average Bonchev–Trinajstić information content (AvgIpc) is 3.18. The Bertz CT molecular complexity index is 418. The zero-order chi connectivity index (χ0) is 15.9. The van der Waals surface area contributed by atoms with Crippen LogP contribution in [0.5, 0.6) is 0 Å². The van der Waals surface area contributed by atoms with Crippen LogP contribution < -0.4 is 5.32 Å². The molecule has 1 aliphatic heterocycles. The van der Waals surface area contributed by atoms with E-state index in [2.05, 4.69) is 17.5 Å². The van der Waals surface area contributed by atoms with Gasteiger partial charge in [-0.15, -0.1) is 0 Å². The van der Waals surface area contributed by atoms with Gasteiger partial charge in [-0.2, -0.15) is 0 Å². The summed E-state index contributed by atoms with van der Waals surface area (Å²) in [5.41, 5.74) is 0. The first-order valence-corrected chi connectivity index (χ1v) is 8.56. The van der Waals surface area contributed by atoms with Gasteiger partial charge in [0.1, 0.15) is 6.04 Å². The molecule has 1 saturated carbocycles. The van der Waals surface area contributed by atoms with E-state index in [1.54, 1.807) is 9.80 Å². The Kier molecular flexibility index (Phi) is 6.28. The first kappa shape index (κ1) is 16.8. The Hall–Kier alpha value is -1.52. The van der Waals surface area contributed by atoms with Crippen molar-refractivity contribution in [1.82, 2.24) is 15.1 Å². The van der Waals surface area contributed by atoms with Gasteiger partial charge in [-0.05, 0) is 51.9 Å². The number of amides is 3. The second-order valence-electron chi connectivity index (χ2n) is 6.40. The van der Waals surface area contributed by atoms with E-state index in [-0.39, 0.29) is 18.0 Å². The molecule has 0 radical (unpaired) electrons. The monoisotopic (exact) mass is 307 g/mol. The summed E-state index contributed by atoms with van der Waals surface area (Å²) in [6.45, 7) is 3.48. The van der Waals surface area contributed by atoms with Crippen molar-refractivity contribution < 1.29 is 9.59 Å². The van der Waals surface area contributed by atoms with Gasteiger partial charge in [-0.25, -0.2) is 4.79 Å². The minimum absolute atomic E-state index is 0.000481. The lowest BCUT2D eigenvalue weighted by molar-refractivity contribution is -0.125. The van der Waals surface area contributed by atoms with Crippen molar-refractivity contribution in [3.63, 3.8) is 0 Å². The van der Waals surface area contributed by atoms with E-state index < -0.39 is 0 Å². The fourth-order valence-corrected chi connectivity index (χ4v) is 2.89. The predicted molar refractivity (Wildman–Crippen MR) is 87.6 cm³/mol. The summed E-state index contributed by atoms with van der Waals surface area (Å²) in [5, 5.41) is 3.03. The van der Waals surface area contributed by atoms with Crippen LogP contribution in [-0.2, 0) is 4.79 Å². The molecule has 3 amide bonds. The van der Waals surface area contributed by atoms with Crippen molar-refractivity contribution in [2.24, 2.45) is 0 Å². The zero-order valence-corrected chi connectivity index (χ0v) is 13.9. The van der Waals surface area contributed by atoms with Crippen molar-refractivity contribution in [3.8, 4) is 0 Å². The molecule has 124 valence electrons.